The number of hydrogen-bond donors (Lipinski definition) is 2. The standard InChI is InChI=1S/C17H21N5O2/c1-24-12-2-3-14-13(10-12)15-16(20-14)17(23)22(11-19-15)9-8-21-6-4-18-5-7-21/h2-3,10-11,18,20H,4-9H2,1H3. The van der Waals surface area contributed by atoms with E-state index in [1.54, 1.807) is 18.0 Å². The van der Waals surface area contributed by atoms with Crippen molar-refractivity contribution < 1.29 is 4.74 Å². The van der Waals surface area contributed by atoms with E-state index in [0.717, 1.165) is 49.4 Å². The molecule has 0 radical (unpaired) electrons. The quantitative estimate of drug-likeness (QED) is 0.741. The van der Waals surface area contributed by atoms with E-state index in [0.29, 0.717) is 17.6 Å². The normalized spacial score (nSPS) is 16.0. The van der Waals surface area contributed by atoms with Crippen molar-refractivity contribution in [2.24, 2.45) is 0 Å². The minimum absolute atomic E-state index is 0.0229. The highest BCUT2D eigenvalue weighted by atomic mass is 16.5. The third-order valence-electron chi connectivity index (χ3n) is 4.65. The lowest BCUT2D eigenvalue weighted by Crippen LogP contribution is -2.45. The van der Waals surface area contributed by atoms with Gasteiger partial charge in [0.1, 0.15) is 16.8 Å². The Labute approximate surface area is 139 Å². The number of nitrogens with zero attached hydrogens (tertiary/aromatic N) is 3. The van der Waals surface area contributed by atoms with Crippen LogP contribution in [0, 0.1) is 0 Å². The van der Waals surface area contributed by atoms with Gasteiger partial charge in [0.2, 0.25) is 0 Å². The summed E-state index contributed by atoms with van der Waals surface area (Å²) >= 11 is 0. The summed E-state index contributed by atoms with van der Waals surface area (Å²) < 4.78 is 6.96. The van der Waals surface area contributed by atoms with Crippen LogP contribution in [0.3, 0.4) is 0 Å². The highest BCUT2D eigenvalue weighted by molar-refractivity contribution is 6.04. The van der Waals surface area contributed by atoms with E-state index in [1.807, 2.05) is 18.2 Å². The molecule has 0 atom stereocenters. The van der Waals surface area contributed by atoms with Gasteiger partial charge in [-0.15, -0.1) is 0 Å². The monoisotopic (exact) mass is 327 g/mol. The average molecular weight is 327 g/mol. The Kier molecular flexibility index (Phi) is 3.95. The molecule has 0 aliphatic carbocycles. The molecule has 3 heterocycles. The number of nitrogens with one attached hydrogen (secondary N) is 2. The zero-order valence-corrected chi connectivity index (χ0v) is 13.7. The minimum Gasteiger partial charge on any atom is -0.497 e. The van der Waals surface area contributed by atoms with Crippen LogP contribution in [0.1, 0.15) is 0 Å². The average Bonchev–Trinajstić information content (AvgIpc) is 3.00. The van der Waals surface area contributed by atoms with Crippen LogP contribution in [0.2, 0.25) is 0 Å². The van der Waals surface area contributed by atoms with E-state index in [2.05, 4.69) is 20.2 Å². The molecule has 1 aliphatic rings. The summed E-state index contributed by atoms with van der Waals surface area (Å²) in [7, 11) is 1.63. The molecular formula is C17H21N5O2. The molecule has 2 N–H and O–H groups in total. The summed E-state index contributed by atoms with van der Waals surface area (Å²) in [6, 6.07) is 5.70. The molecule has 7 heteroatoms. The molecule has 0 saturated carbocycles. The Balaban J connectivity index is 1.67. The fourth-order valence-corrected chi connectivity index (χ4v) is 3.24. The molecule has 0 unspecified atom stereocenters. The Hall–Kier alpha value is -2.38. The van der Waals surface area contributed by atoms with Gasteiger partial charge >= 0.3 is 0 Å². The maximum Gasteiger partial charge on any atom is 0.277 e. The third-order valence-corrected chi connectivity index (χ3v) is 4.65. The molecule has 2 aromatic heterocycles. The number of aromatic amines is 1. The van der Waals surface area contributed by atoms with Gasteiger partial charge in [-0.1, -0.05) is 0 Å². The largest absolute Gasteiger partial charge is 0.497 e. The van der Waals surface area contributed by atoms with Crippen molar-refractivity contribution in [2.75, 3.05) is 39.8 Å². The molecule has 1 saturated heterocycles. The number of ether oxygens (including phenoxy) is 1. The van der Waals surface area contributed by atoms with E-state index in [-0.39, 0.29) is 5.56 Å². The summed E-state index contributed by atoms with van der Waals surface area (Å²) in [4.78, 5) is 22.8. The Bertz CT molecular complexity index is 924. The van der Waals surface area contributed by atoms with Crippen LogP contribution in [-0.2, 0) is 6.54 Å². The first-order valence-corrected chi connectivity index (χ1v) is 8.24. The van der Waals surface area contributed by atoms with Gasteiger partial charge in [-0.3, -0.25) is 14.3 Å². The fourth-order valence-electron chi connectivity index (χ4n) is 3.24. The molecule has 1 fully saturated rings. The predicted molar refractivity (Wildman–Crippen MR) is 93.7 cm³/mol. The Morgan fingerprint density at radius 3 is 2.88 bits per heavy atom. The van der Waals surface area contributed by atoms with Crippen LogP contribution in [0.5, 0.6) is 5.75 Å². The number of aromatic nitrogens is 3. The molecule has 0 bridgehead atoms. The van der Waals surface area contributed by atoms with Gasteiger partial charge in [-0.05, 0) is 18.2 Å². The van der Waals surface area contributed by atoms with E-state index in [4.69, 9.17) is 4.74 Å². The zero-order chi connectivity index (χ0) is 16.5. The van der Waals surface area contributed by atoms with E-state index < -0.39 is 0 Å². The summed E-state index contributed by atoms with van der Waals surface area (Å²) in [5, 5.41) is 4.25. The summed E-state index contributed by atoms with van der Waals surface area (Å²) in [5.41, 5.74) is 2.13. The maximum absolute atomic E-state index is 12.8. The second-order valence-corrected chi connectivity index (χ2v) is 6.09. The van der Waals surface area contributed by atoms with Crippen LogP contribution in [0.4, 0.5) is 0 Å². The first-order chi connectivity index (χ1) is 11.8. The first-order valence-electron chi connectivity index (χ1n) is 8.24. The summed E-state index contributed by atoms with van der Waals surface area (Å²) in [6.07, 6.45) is 1.65. The van der Waals surface area contributed by atoms with E-state index in [1.165, 1.54) is 0 Å². The van der Waals surface area contributed by atoms with Crippen LogP contribution < -0.4 is 15.6 Å². The molecular weight excluding hydrogens is 306 g/mol. The molecule has 0 amide bonds. The lowest BCUT2D eigenvalue weighted by atomic mass is 10.2. The minimum atomic E-state index is -0.0229. The maximum atomic E-state index is 12.8. The molecule has 1 aliphatic heterocycles. The van der Waals surface area contributed by atoms with Gasteiger partial charge in [0, 0.05) is 50.2 Å². The number of methoxy groups -OCH3 is 1. The van der Waals surface area contributed by atoms with Gasteiger partial charge in [-0.25, -0.2) is 4.98 Å². The molecule has 24 heavy (non-hydrogen) atoms. The topological polar surface area (TPSA) is 75.2 Å². The van der Waals surface area contributed by atoms with Crippen molar-refractivity contribution in [1.29, 1.82) is 0 Å². The zero-order valence-electron chi connectivity index (χ0n) is 13.7. The number of fused-ring (bicyclic) bond motifs is 3. The van der Waals surface area contributed by atoms with Crippen LogP contribution in [0.15, 0.2) is 29.3 Å². The van der Waals surface area contributed by atoms with Crippen molar-refractivity contribution in [3.63, 3.8) is 0 Å². The van der Waals surface area contributed by atoms with E-state index in [9.17, 15) is 4.79 Å². The molecule has 0 spiro atoms. The second kappa shape index (κ2) is 6.26. The number of H-pyrrole nitrogens is 1. The van der Waals surface area contributed by atoms with Crippen molar-refractivity contribution in [1.82, 2.24) is 24.8 Å². The Morgan fingerprint density at radius 1 is 1.25 bits per heavy atom. The lowest BCUT2D eigenvalue weighted by Gasteiger charge is -2.27. The molecule has 4 rings (SSSR count). The SMILES string of the molecule is COc1ccc2[nH]c3c(=O)n(CCN4CCNCC4)cnc3c2c1. The van der Waals surface area contributed by atoms with Gasteiger partial charge in [0.15, 0.2) is 0 Å². The molecule has 126 valence electrons. The van der Waals surface area contributed by atoms with E-state index >= 15 is 0 Å². The summed E-state index contributed by atoms with van der Waals surface area (Å²) in [5.74, 6) is 0.757. The molecule has 7 nitrogen and oxygen atoms in total. The number of rotatable bonds is 4. The lowest BCUT2D eigenvalue weighted by molar-refractivity contribution is 0.231. The highest BCUT2D eigenvalue weighted by Gasteiger charge is 2.13. The highest BCUT2D eigenvalue weighted by Crippen LogP contribution is 2.25. The molecule has 1 aromatic carbocycles. The smallest absolute Gasteiger partial charge is 0.277 e. The van der Waals surface area contributed by atoms with Gasteiger partial charge in [0.05, 0.1) is 13.4 Å². The van der Waals surface area contributed by atoms with Gasteiger partial charge in [0.25, 0.3) is 5.56 Å². The van der Waals surface area contributed by atoms with Crippen molar-refractivity contribution in [3.8, 4) is 5.75 Å². The number of benzene rings is 1. The number of hydrogen-bond acceptors (Lipinski definition) is 5. The number of piperazine rings is 1. The third kappa shape index (κ3) is 2.65. The van der Waals surface area contributed by atoms with Crippen LogP contribution >= 0.6 is 0 Å². The first kappa shape index (κ1) is 15.2. The van der Waals surface area contributed by atoms with Gasteiger partial charge in [-0.2, -0.15) is 0 Å². The fraction of sp³-hybridized carbons (Fsp3) is 0.412. The van der Waals surface area contributed by atoms with Crippen LogP contribution in [-0.4, -0.2) is 59.3 Å². The second-order valence-electron chi connectivity index (χ2n) is 6.09. The van der Waals surface area contributed by atoms with Gasteiger partial charge < -0.3 is 15.0 Å². The van der Waals surface area contributed by atoms with Crippen LogP contribution in [0.25, 0.3) is 21.9 Å². The van der Waals surface area contributed by atoms with Crippen molar-refractivity contribution >= 4 is 21.9 Å². The molecule has 3 aromatic rings. The van der Waals surface area contributed by atoms with Crippen molar-refractivity contribution in [3.05, 3.63) is 34.9 Å². The Morgan fingerprint density at radius 2 is 2.08 bits per heavy atom. The summed E-state index contributed by atoms with van der Waals surface area (Å²) in [6.45, 7) is 5.59. The predicted octanol–water partition coefficient (Wildman–Crippen LogP) is 0.792. The van der Waals surface area contributed by atoms with Crippen molar-refractivity contribution in [2.45, 2.75) is 6.54 Å².